The number of anilines is 1. The fourth-order valence-electron chi connectivity index (χ4n) is 6.92. The quantitative estimate of drug-likeness (QED) is 0.235. The normalized spacial score (nSPS) is 28.2. The molecule has 6 atom stereocenters. The largest absolute Gasteiger partial charge is 0.396 e. The summed E-state index contributed by atoms with van der Waals surface area (Å²) in [5.41, 5.74) is 0.495. The van der Waals surface area contributed by atoms with Gasteiger partial charge in [-0.1, -0.05) is 76.6 Å². The van der Waals surface area contributed by atoms with Crippen LogP contribution in [0.15, 0.2) is 72.8 Å². The van der Waals surface area contributed by atoms with E-state index in [4.69, 9.17) is 4.74 Å². The van der Waals surface area contributed by atoms with Crippen LogP contribution in [0.5, 0.6) is 0 Å². The highest BCUT2D eigenvalue weighted by Gasteiger charge is 2.76. The van der Waals surface area contributed by atoms with Crippen LogP contribution in [-0.2, 0) is 25.7 Å². The summed E-state index contributed by atoms with van der Waals surface area (Å²) in [6.07, 6.45) is 1.94. The van der Waals surface area contributed by atoms with Gasteiger partial charge in [-0.3, -0.25) is 14.4 Å². The lowest BCUT2D eigenvalue weighted by molar-refractivity contribution is -0.140. The Kier molecular flexibility index (Phi) is 7.85. The molecule has 3 unspecified atom stereocenters. The Bertz CT molecular complexity index is 1450. The SMILES string of the molecule is O=C(Nc1ccc2ccccc2c1)C1N(CCCCCO)C(=O)[C@@H]2[C@H](C(=O)NCc3ccccc3)[C@H]3OC12CC3Br. The second kappa shape index (κ2) is 11.5. The molecule has 214 valence electrons. The Balaban J connectivity index is 1.29. The maximum atomic E-state index is 14.1. The lowest BCUT2D eigenvalue weighted by Crippen LogP contribution is -2.54. The van der Waals surface area contributed by atoms with E-state index in [1.54, 1.807) is 4.90 Å². The number of amides is 3. The summed E-state index contributed by atoms with van der Waals surface area (Å²) < 4.78 is 6.58. The van der Waals surface area contributed by atoms with Gasteiger partial charge < -0.3 is 25.4 Å². The summed E-state index contributed by atoms with van der Waals surface area (Å²) >= 11 is 3.72. The Labute approximate surface area is 247 Å². The number of benzene rings is 3. The van der Waals surface area contributed by atoms with Crippen LogP contribution >= 0.6 is 15.9 Å². The summed E-state index contributed by atoms with van der Waals surface area (Å²) in [5, 5.41) is 17.4. The summed E-state index contributed by atoms with van der Waals surface area (Å²) in [4.78, 5) is 43.3. The van der Waals surface area contributed by atoms with Gasteiger partial charge in [0.15, 0.2) is 0 Å². The minimum absolute atomic E-state index is 0.0755. The highest BCUT2D eigenvalue weighted by atomic mass is 79.9. The van der Waals surface area contributed by atoms with Crippen molar-refractivity contribution in [2.75, 3.05) is 18.5 Å². The van der Waals surface area contributed by atoms with Crippen LogP contribution in [-0.4, -0.2) is 63.5 Å². The second-order valence-corrected chi connectivity index (χ2v) is 12.4. The molecule has 3 aliphatic rings. The lowest BCUT2D eigenvalue weighted by atomic mass is 9.70. The highest BCUT2D eigenvalue weighted by Crippen LogP contribution is 2.60. The number of likely N-dealkylation sites (tertiary alicyclic amines) is 1. The van der Waals surface area contributed by atoms with Gasteiger partial charge in [0, 0.05) is 30.2 Å². The molecule has 3 amide bonds. The number of rotatable bonds is 10. The van der Waals surface area contributed by atoms with Crippen LogP contribution in [0.1, 0.15) is 31.2 Å². The van der Waals surface area contributed by atoms with Gasteiger partial charge in [-0.25, -0.2) is 0 Å². The average molecular weight is 621 g/mol. The van der Waals surface area contributed by atoms with Gasteiger partial charge in [0.05, 0.1) is 17.9 Å². The number of carbonyl (C=O) groups is 3. The van der Waals surface area contributed by atoms with Crippen molar-refractivity contribution in [3.05, 3.63) is 78.4 Å². The number of hydrogen-bond acceptors (Lipinski definition) is 5. The predicted molar refractivity (Wildman–Crippen MR) is 159 cm³/mol. The molecule has 0 aromatic heterocycles. The Morgan fingerprint density at radius 1 is 0.976 bits per heavy atom. The van der Waals surface area contributed by atoms with Crippen molar-refractivity contribution in [3.63, 3.8) is 0 Å². The molecule has 0 radical (unpaired) electrons. The molecule has 41 heavy (non-hydrogen) atoms. The van der Waals surface area contributed by atoms with Gasteiger partial charge in [0.1, 0.15) is 11.6 Å². The first-order chi connectivity index (χ1) is 19.9. The molecule has 0 aliphatic carbocycles. The van der Waals surface area contributed by atoms with E-state index in [0.29, 0.717) is 38.0 Å². The van der Waals surface area contributed by atoms with Crippen molar-refractivity contribution in [1.82, 2.24) is 10.2 Å². The lowest BCUT2D eigenvalue weighted by Gasteiger charge is -2.34. The molecule has 2 bridgehead atoms. The third-order valence-electron chi connectivity index (χ3n) is 8.72. The van der Waals surface area contributed by atoms with Gasteiger partial charge in [-0.2, -0.15) is 0 Å². The van der Waals surface area contributed by atoms with Crippen molar-refractivity contribution in [2.45, 2.75) is 54.8 Å². The minimum Gasteiger partial charge on any atom is -0.396 e. The summed E-state index contributed by atoms with van der Waals surface area (Å²) in [6, 6.07) is 22.4. The van der Waals surface area contributed by atoms with Crippen LogP contribution in [0.25, 0.3) is 10.8 Å². The number of fused-ring (bicyclic) bond motifs is 2. The average Bonchev–Trinajstić information content (AvgIpc) is 3.57. The van der Waals surface area contributed by atoms with Gasteiger partial charge in [0.2, 0.25) is 17.7 Å². The fraction of sp³-hybridized carbons (Fsp3) is 0.406. The zero-order chi connectivity index (χ0) is 28.6. The number of alkyl halides is 1. The third-order valence-corrected chi connectivity index (χ3v) is 9.57. The van der Waals surface area contributed by atoms with E-state index in [1.165, 1.54) is 0 Å². The molecular weight excluding hydrogens is 586 g/mol. The first-order valence-corrected chi connectivity index (χ1v) is 15.2. The number of hydrogen-bond donors (Lipinski definition) is 3. The molecule has 6 rings (SSSR count). The van der Waals surface area contributed by atoms with E-state index in [9.17, 15) is 19.5 Å². The number of halogens is 1. The van der Waals surface area contributed by atoms with Gasteiger partial charge >= 0.3 is 0 Å². The molecule has 3 aromatic rings. The molecule has 3 heterocycles. The topological polar surface area (TPSA) is 108 Å². The Morgan fingerprint density at radius 3 is 2.51 bits per heavy atom. The minimum atomic E-state index is -1.11. The number of aliphatic hydroxyl groups excluding tert-OH is 1. The molecule has 9 heteroatoms. The molecule has 3 N–H and O–H groups in total. The zero-order valence-electron chi connectivity index (χ0n) is 22.7. The molecular formula is C32H34BrN3O5. The van der Waals surface area contributed by atoms with Crippen molar-refractivity contribution in [1.29, 1.82) is 0 Å². The van der Waals surface area contributed by atoms with Crippen LogP contribution in [0.4, 0.5) is 5.69 Å². The molecule has 1 spiro atoms. The monoisotopic (exact) mass is 619 g/mol. The van der Waals surface area contributed by atoms with E-state index in [2.05, 4.69) is 26.6 Å². The number of unbranched alkanes of at least 4 members (excludes halogenated alkanes) is 2. The van der Waals surface area contributed by atoms with E-state index in [0.717, 1.165) is 22.8 Å². The smallest absolute Gasteiger partial charge is 0.250 e. The Morgan fingerprint density at radius 2 is 1.73 bits per heavy atom. The zero-order valence-corrected chi connectivity index (χ0v) is 24.3. The van der Waals surface area contributed by atoms with E-state index in [1.807, 2.05) is 72.8 Å². The Hall–Kier alpha value is -3.27. The standard InChI is InChI=1S/C32H34BrN3O5/c33-24-18-32-26(25(27(24)41-32)29(38)34-19-20-9-3-1-4-10-20)31(40)36(15-7-2-8-16-37)28(32)30(39)35-23-14-13-21-11-5-6-12-22(21)17-23/h1,3-6,9-14,17,24-28,37H,2,7-8,15-16,18-19H2,(H,34,38)(H,35,39)/t24?,25-,26-,27-,28?,32?/m0/s1. The van der Waals surface area contributed by atoms with Gasteiger partial charge in [-0.05, 0) is 54.2 Å². The molecule has 8 nitrogen and oxygen atoms in total. The number of ether oxygens (including phenoxy) is 1. The summed E-state index contributed by atoms with van der Waals surface area (Å²) in [5.74, 6) is -2.22. The second-order valence-electron chi connectivity index (χ2n) is 11.2. The van der Waals surface area contributed by atoms with Crippen molar-refractivity contribution in [2.24, 2.45) is 11.8 Å². The summed E-state index contributed by atoms with van der Waals surface area (Å²) in [7, 11) is 0. The van der Waals surface area contributed by atoms with E-state index >= 15 is 0 Å². The van der Waals surface area contributed by atoms with Crippen LogP contribution in [0.3, 0.4) is 0 Å². The van der Waals surface area contributed by atoms with Crippen molar-refractivity contribution in [3.8, 4) is 0 Å². The van der Waals surface area contributed by atoms with Gasteiger partial charge in [-0.15, -0.1) is 0 Å². The van der Waals surface area contributed by atoms with E-state index in [-0.39, 0.29) is 29.2 Å². The number of aliphatic hydroxyl groups is 1. The maximum Gasteiger partial charge on any atom is 0.250 e. The predicted octanol–water partition coefficient (Wildman–Crippen LogP) is 4.01. The van der Waals surface area contributed by atoms with Gasteiger partial charge in [0.25, 0.3) is 0 Å². The molecule has 3 saturated heterocycles. The summed E-state index contributed by atoms with van der Waals surface area (Å²) in [6.45, 7) is 0.777. The van der Waals surface area contributed by atoms with Crippen LogP contribution in [0, 0.1) is 11.8 Å². The maximum absolute atomic E-state index is 14.1. The molecule has 3 aromatic carbocycles. The van der Waals surface area contributed by atoms with Crippen molar-refractivity contribution >= 4 is 50.1 Å². The van der Waals surface area contributed by atoms with E-state index < -0.39 is 29.6 Å². The molecule has 3 aliphatic heterocycles. The number of nitrogens with zero attached hydrogens (tertiary/aromatic N) is 1. The number of carbonyl (C=O) groups excluding carboxylic acids is 3. The number of nitrogens with one attached hydrogen (secondary N) is 2. The fourth-order valence-corrected chi connectivity index (χ4v) is 7.86. The molecule has 3 fully saturated rings. The van der Waals surface area contributed by atoms with Crippen molar-refractivity contribution < 1.29 is 24.2 Å². The molecule has 0 saturated carbocycles. The highest BCUT2D eigenvalue weighted by molar-refractivity contribution is 9.09. The first kappa shape index (κ1) is 27.9. The van der Waals surface area contributed by atoms with Crippen LogP contribution < -0.4 is 10.6 Å². The third kappa shape index (κ3) is 5.04. The van der Waals surface area contributed by atoms with Crippen LogP contribution in [0.2, 0.25) is 0 Å². The first-order valence-electron chi connectivity index (χ1n) is 14.3.